The number of amides is 1. The molecule has 1 atom stereocenters. The Hall–Kier alpha value is -2.15. The van der Waals surface area contributed by atoms with Crippen molar-refractivity contribution in [2.75, 3.05) is 6.61 Å². The number of rotatable bonds is 7. The zero-order valence-electron chi connectivity index (χ0n) is 12.3. The SMILES string of the molecule is CCC[C@H](C)NC(=O)COC(=O)c1cc([N+](=O)[O-])ccc1Cl. The van der Waals surface area contributed by atoms with E-state index in [1.165, 1.54) is 12.1 Å². The number of nitro benzene ring substituents is 1. The van der Waals surface area contributed by atoms with Crippen molar-refractivity contribution < 1.29 is 19.2 Å². The number of nitrogens with zero attached hydrogens (tertiary/aromatic N) is 1. The average molecular weight is 329 g/mol. The Labute approximate surface area is 132 Å². The molecule has 0 saturated carbocycles. The standard InChI is InChI=1S/C14H17ClN2O5/c1-3-4-9(2)16-13(18)8-22-14(19)11-7-10(17(20)21)5-6-12(11)15/h5-7,9H,3-4,8H2,1-2H3,(H,16,18)/t9-/m0/s1. The highest BCUT2D eigenvalue weighted by molar-refractivity contribution is 6.33. The molecule has 0 aliphatic rings. The number of hydrogen-bond acceptors (Lipinski definition) is 5. The van der Waals surface area contributed by atoms with Gasteiger partial charge in [-0.15, -0.1) is 0 Å². The van der Waals surface area contributed by atoms with Gasteiger partial charge in [-0.25, -0.2) is 4.79 Å². The molecular weight excluding hydrogens is 312 g/mol. The lowest BCUT2D eigenvalue weighted by Crippen LogP contribution is -2.35. The molecule has 1 aromatic carbocycles. The van der Waals surface area contributed by atoms with Crippen molar-refractivity contribution in [2.24, 2.45) is 0 Å². The smallest absolute Gasteiger partial charge is 0.340 e. The molecule has 0 spiro atoms. The van der Waals surface area contributed by atoms with E-state index in [-0.39, 0.29) is 22.3 Å². The zero-order valence-corrected chi connectivity index (χ0v) is 13.1. The number of carbonyl (C=O) groups is 2. The van der Waals surface area contributed by atoms with Crippen LogP contribution in [0.3, 0.4) is 0 Å². The molecule has 1 aromatic rings. The number of carbonyl (C=O) groups excluding carboxylic acids is 2. The van der Waals surface area contributed by atoms with Gasteiger partial charge in [0, 0.05) is 18.2 Å². The second-order valence-corrected chi connectivity index (χ2v) is 5.16. The summed E-state index contributed by atoms with van der Waals surface area (Å²) in [5, 5.41) is 13.4. The summed E-state index contributed by atoms with van der Waals surface area (Å²) in [4.78, 5) is 33.5. The number of nitro groups is 1. The van der Waals surface area contributed by atoms with Crippen molar-refractivity contribution >= 4 is 29.2 Å². The number of nitrogens with one attached hydrogen (secondary N) is 1. The van der Waals surface area contributed by atoms with Crippen LogP contribution in [-0.2, 0) is 9.53 Å². The van der Waals surface area contributed by atoms with Crippen LogP contribution in [0.1, 0.15) is 37.0 Å². The van der Waals surface area contributed by atoms with E-state index in [0.29, 0.717) is 0 Å². The van der Waals surface area contributed by atoms with Gasteiger partial charge >= 0.3 is 5.97 Å². The fourth-order valence-electron chi connectivity index (χ4n) is 1.81. The first-order valence-corrected chi connectivity index (χ1v) is 7.13. The van der Waals surface area contributed by atoms with Crippen molar-refractivity contribution in [3.63, 3.8) is 0 Å². The number of ether oxygens (including phenoxy) is 1. The van der Waals surface area contributed by atoms with Crippen LogP contribution in [-0.4, -0.2) is 29.4 Å². The van der Waals surface area contributed by atoms with E-state index in [4.69, 9.17) is 16.3 Å². The average Bonchev–Trinajstić information content (AvgIpc) is 2.45. The summed E-state index contributed by atoms with van der Waals surface area (Å²) in [6.45, 7) is 3.37. The normalized spacial score (nSPS) is 11.6. The maximum Gasteiger partial charge on any atom is 0.340 e. The summed E-state index contributed by atoms with van der Waals surface area (Å²) < 4.78 is 4.83. The molecule has 1 amide bonds. The molecule has 0 radical (unpaired) electrons. The second-order valence-electron chi connectivity index (χ2n) is 4.75. The van der Waals surface area contributed by atoms with E-state index < -0.39 is 23.4 Å². The zero-order chi connectivity index (χ0) is 16.7. The Balaban J connectivity index is 2.64. The third-order valence-corrected chi connectivity index (χ3v) is 3.17. The number of hydrogen-bond donors (Lipinski definition) is 1. The molecule has 0 fully saturated rings. The Bertz CT molecular complexity index is 576. The Kier molecular flexibility index (Phi) is 6.78. The van der Waals surface area contributed by atoms with Crippen LogP contribution < -0.4 is 5.32 Å². The number of benzene rings is 1. The minimum Gasteiger partial charge on any atom is -0.452 e. The van der Waals surface area contributed by atoms with Crippen LogP contribution in [0.25, 0.3) is 0 Å². The summed E-state index contributed by atoms with van der Waals surface area (Å²) in [6, 6.07) is 3.41. The van der Waals surface area contributed by atoms with Gasteiger partial charge in [-0.05, 0) is 19.4 Å². The van der Waals surface area contributed by atoms with Crippen molar-refractivity contribution in [2.45, 2.75) is 32.7 Å². The predicted molar refractivity (Wildman–Crippen MR) is 80.9 cm³/mol. The predicted octanol–water partition coefficient (Wildman–Crippen LogP) is 2.71. The quantitative estimate of drug-likeness (QED) is 0.471. The first-order chi connectivity index (χ1) is 10.3. The van der Waals surface area contributed by atoms with Gasteiger partial charge in [-0.2, -0.15) is 0 Å². The fraction of sp³-hybridized carbons (Fsp3) is 0.429. The lowest BCUT2D eigenvalue weighted by Gasteiger charge is -2.12. The van der Waals surface area contributed by atoms with Gasteiger partial charge in [0.1, 0.15) is 0 Å². The molecule has 0 unspecified atom stereocenters. The Morgan fingerprint density at radius 2 is 2.14 bits per heavy atom. The van der Waals surface area contributed by atoms with Crippen LogP contribution in [0, 0.1) is 10.1 Å². The summed E-state index contributed by atoms with van der Waals surface area (Å²) >= 11 is 5.81. The van der Waals surface area contributed by atoms with Crippen LogP contribution in [0.2, 0.25) is 5.02 Å². The van der Waals surface area contributed by atoms with Crippen molar-refractivity contribution in [1.82, 2.24) is 5.32 Å². The van der Waals surface area contributed by atoms with Crippen molar-refractivity contribution in [1.29, 1.82) is 0 Å². The second kappa shape index (κ2) is 8.33. The number of esters is 1. The molecule has 0 aliphatic carbocycles. The highest BCUT2D eigenvalue weighted by Crippen LogP contribution is 2.22. The number of halogens is 1. The molecule has 7 nitrogen and oxygen atoms in total. The maximum absolute atomic E-state index is 11.8. The molecule has 0 heterocycles. The molecule has 0 aromatic heterocycles. The van der Waals surface area contributed by atoms with E-state index in [1.807, 2.05) is 13.8 Å². The lowest BCUT2D eigenvalue weighted by molar-refractivity contribution is -0.384. The molecule has 120 valence electrons. The van der Waals surface area contributed by atoms with E-state index in [9.17, 15) is 19.7 Å². The topological polar surface area (TPSA) is 98.5 Å². The van der Waals surface area contributed by atoms with Gasteiger partial charge in [0.05, 0.1) is 15.5 Å². The maximum atomic E-state index is 11.8. The van der Waals surface area contributed by atoms with Gasteiger partial charge in [0.2, 0.25) is 0 Å². The molecular formula is C14H17ClN2O5. The summed E-state index contributed by atoms with van der Waals surface area (Å²) in [5.41, 5.74) is -0.428. The molecule has 0 saturated heterocycles. The van der Waals surface area contributed by atoms with Crippen LogP contribution in [0.5, 0.6) is 0 Å². The van der Waals surface area contributed by atoms with Crippen LogP contribution in [0.4, 0.5) is 5.69 Å². The first-order valence-electron chi connectivity index (χ1n) is 6.75. The molecule has 0 aliphatic heterocycles. The van der Waals surface area contributed by atoms with Crippen LogP contribution >= 0.6 is 11.6 Å². The van der Waals surface area contributed by atoms with E-state index in [1.54, 1.807) is 0 Å². The van der Waals surface area contributed by atoms with E-state index in [2.05, 4.69) is 5.32 Å². The van der Waals surface area contributed by atoms with Crippen molar-refractivity contribution in [3.8, 4) is 0 Å². The molecule has 8 heteroatoms. The molecule has 1 N–H and O–H groups in total. The highest BCUT2D eigenvalue weighted by Gasteiger charge is 2.18. The highest BCUT2D eigenvalue weighted by atomic mass is 35.5. The van der Waals surface area contributed by atoms with E-state index >= 15 is 0 Å². The summed E-state index contributed by atoms with van der Waals surface area (Å²) in [7, 11) is 0. The fourth-order valence-corrected chi connectivity index (χ4v) is 2.01. The summed E-state index contributed by atoms with van der Waals surface area (Å²) in [6.07, 6.45) is 1.74. The third-order valence-electron chi connectivity index (χ3n) is 2.84. The lowest BCUT2D eigenvalue weighted by atomic mass is 10.2. The third kappa shape index (κ3) is 5.33. The first kappa shape index (κ1) is 17.9. The van der Waals surface area contributed by atoms with Gasteiger partial charge in [0.25, 0.3) is 11.6 Å². The molecule has 22 heavy (non-hydrogen) atoms. The van der Waals surface area contributed by atoms with Gasteiger partial charge in [-0.1, -0.05) is 24.9 Å². The Morgan fingerprint density at radius 3 is 2.73 bits per heavy atom. The summed E-state index contributed by atoms with van der Waals surface area (Å²) in [5.74, 6) is -1.32. The molecule has 0 bridgehead atoms. The Morgan fingerprint density at radius 1 is 1.45 bits per heavy atom. The minimum absolute atomic E-state index is 0.0161. The number of non-ortho nitro benzene ring substituents is 1. The van der Waals surface area contributed by atoms with Gasteiger partial charge in [0.15, 0.2) is 6.61 Å². The van der Waals surface area contributed by atoms with Crippen LogP contribution in [0.15, 0.2) is 18.2 Å². The van der Waals surface area contributed by atoms with Gasteiger partial charge < -0.3 is 10.1 Å². The van der Waals surface area contributed by atoms with Crippen molar-refractivity contribution in [3.05, 3.63) is 38.9 Å². The minimum atomic E-state index is -0.882. The van der Waals surface area contributed by atoms with Gasteiger partial charge in [-0.3, -0.25) is 14.9 Å². The van der Waals surface area contributed by atoms with E-state index in [0.717, 1.165) is 18.9 Å². The molecule has 1 rings (SSSR count). The monoisotopic (exact) mass is 328 g/mol. The largest absolute Gasteiger partial charge is 0.452 e.